The molecule has 8 heteroatoms. The van der Waals surface area contributed by atoms with E-state index in [2.05, 4.69) is 69.0 Å². The van der Waals surface area contributed by atoms with Gasteiger partial charge in [-0.1, -0.05) is 54.6 Å². The Hall–Kier alpha value is -3.55. The van der Waals surface area contributed by atoms with Crippen LogP contribution in [0.25, 0.3) is 10.9 Å². The van der Waals surface area contributed by atoms with Crippen molar-refractivity contribution >= 4 is 40.8 Å². The summed E-state index contributed by atoms with van der Waals surface area (Å²) in [6.45, 7) is 6.49. The first-order valence-corrected chi connectivity index (χ1v) is 12.7. The summed E-state index contributed by atoms with van der Waals surface area (Å²) in [6.07, 6.45) is 0.954. The van der Waals surface area contributed by atoms with Gasteiger partial charge in [0.1, 0.15) is 11.6 Å². The van der Waals surface area contributed by atoms with Gasteiger partial charge in [0.05, 0.1) is 18.3 Å². The van der Waals surface area contributed by atoms with Crippen LogP contribution in [0.3, 0.4) is 0 Å². The number of hydrogen-bond donors (Lipinski definition) is 2. The van der Waals surface area contributed by atoms with Crippen molar-refractivity contribution in [2.75, 3.05) is 68.5 Å². The number of anilines is 3. The Morgan fingerprint density at radius 1 is 0.784 bits per heavy atom. The number of para-hydroxylation sites is 3. The van der Waals surface area contributed by atoms with E-state index in [4.69, 9.17) is 14.7 Å². The summed E-state index contributed by atoms with van der Waals surface area (Å²) >= 11 is 0. The first-order valence-electron chi connectivity index (χ1n) is 12.7. The smallest absolute Gasteiger partial charge is 0.227 e. The minimum Gasteiger partial charge on any atom is -0.495 e. The number of hydrogen-bond acceptors (Lipinski definition) is 7. The molecule has 2 heterocycles. The highest BCUT2D eigenvalue weighted by Gasteiger charge is 2.20. The zero-order chi connectivity index (χ0) is 24.6. The van der Waals surface area contributed by atoms with E-state index >= 15 is 0 Å². The van der Waals surface area contributed by atoms with Crippen LogP contribution in [0.5, 0.6) is 5.75 Å². The van der Waals surface area contributed by atoms with Gasteiger partial charge >= 0.3 is 0 Å². The van der Waals surface area contributed by atoms with E-state index in [0.717, 1.165) is 86.3 Å². The summed E-state index contributed by atoms with van der Waals surface area (Å²) in [7, 11) is 1.71. The van der Waals surface area contributed by atoms with Crippen LogP contribution in [-0.2, 0) is 6.42 Å². The molecule has 4 aromatic rings. The van der Waals surface area contributed by atoms with E-state index in [1.54, 1.807) is 7.11 Å². The van der Waals surface area contributed by atoms with Gasteiger partial charge in [0.2, 0.25) is 5.95 Å². The number of benzene rings is 3. The van der Waals surface area contributed by atoms with Crippen molar-refractivity contribution in [1.82, 2.24) is 14.9 Å². The van der Waals surface area contributed by atoms with Gasteiger partial charge in [0.25, 0.3) is 0 Å². The number of aromatic nitrogens is 2. The SMILES string of the molecule is COc1ccccc1NCCN1CCN(c2nc(NCCc3ccccc3)c3ccccc3n2)CC1.Cl. The number of rotatable bonds is 10. The van der Waals surface area contributed by atoms with E-state index in [-0.39, 0.29) is 12.4 Å². The van der Waals surface area contributed by atoms with Crippen molar-refractivity contribution in [2.24, 2.45) is 0 Å². The molecule has 0 unspecified atom stereocenters. The number of piperazine rings is 1. The van der Waals surface area contributed by atoms with Crippen molar-refractivity contribution in [3.63, 3.8) is 0 Å². The second-order valence-electron chi connectivity index (χ2n) is 9.01. The molecule has 194 valence electrons. The Morgan fingerprint density at radius 2 is 1.51 bits per heavy atom. The van der Waals surface area contributed by atoms with Crippen LogP contribution in [0.15, 0.2) is 78.9 Å². The lowest BCUT2D eigenvalue weighted by Gasteiger charge is -2.35. The van der Waals surface area contributed by atoms with Crippen LogP contribution >= 0.6 is 12.4 Å². The molecular weight excluding hydrogens is 484 g/mol. The molecule has 0 atom stereocenters. The molecule has 2 N–H and O–H groups in total. The molecule has 37 heavy (non-hydrogen) atoms. The Kier molecular flexibility index (Phi) is 9.40. The molecule has 3 aromatic carbocycles. The first kappa shape index (κ1) is 26.5. The molecule has 5 rings (SSSR count). The van der Waals surface area contributed by atoms with Crippen LogP contribution in [0.2, 0.25) is 0 Å². The summed E-state index contributed by atoms with van der Waals surface area (Å²) in [4.78, 5) is 14.7. The zero-order valence-electron chi connectivity index (χ0n) is 21.3. The third-order valence-electron chi connectivity index (χ3n) is 6.65. The standard InChI is InChI=1S/C29H34N6O.ClH/c1-36-27-14-8-7-13-26(27)30-17-18-34-19-21-35(22-20-34)29-32-25-12-6-5-11-24(25)28(33-29)31-16-15-23-9-3-2-4-10-23;/h2-14,30H,15-22H2,1H3,(H,31,32,33);1H. The van der Waals surface area contributed by atoms with Crippen molar-refractivity contribution in [3.8, 4) is 5.75 Å². The van der Waals surface area contributed by atoms with E-state index in [9.17, 15) is 0 Å². The number of halogens is 1. The number of nitrogens with one attached hydrogen (secondary N) is 2. The topological polar surface area (TPSA) is 65.6 Å². The highest BCUT2D eigenvalue weighted by molar-refractivity contribution is 5.90. The van der Waals surface area contributed by atoms with Gasteiger partial charge in [-0.3, -0.25) is 4.90 Å². The fraction of sp³-hybridized carbons (Fsp3) is 0.310. The summed E-state index contributed by atoms with van der Waals surface area (Å²) < 4.78 is 5.44. The third-order valence-corrected chi connectivity index (χ3v) is 6.65. The van der Waals surface area contributed by atoms with Gasteiger partial charge in [0.15, 0.2) is 0 Å². The largest absolute Gasteiger partial charge is 0.495 e. The Balaban J connectivity index is 0.00000320. The Bertz CT molecular complexity index is 1260. The van der Waals surface area contributed by atoms with Gasteiger partial charge in [0, 0.05) is 51.2 Å². The second-order valence-corrected chi connectivity index (χ2v) is 9.01. The van der Waals surface area contributed by atoms with Gasteiger partial charge in [-0.15, -0.1) is 12.4 Å². The maximum absolute atomic E-state index is 5.44. The fourth-order valence-electron chi connectivity index (χ4n) is 4.62. The average molecular weight is 519 g/mol. The minimum atomic E-state index is 0. The molecule has 0 spiro atoms. The van der Waals surface area contributed by atoms with Crippen LogP contribution in [-0.4, -0.2) is 67.8 Å². The van der Waals surface area contributed by atoms with E-state index < -0.39 is 0 Å². The fourth-order valence-corrected chi connectivity index (χ4v) is 4.62. The molecule has 7 nitrogen and oxygen atoms in total. The molecular formula is C29H35ClN6O. The highest BCUT2D eigenvalue weighted by Crippen LogP contribution is 2.25. The van der Waals surface area contributed by atoms with Crippen molar-refractivity contribution in [2.45, 2.75) is 6.42 Å². The predicted molar refractivity (Wildman–Crippen MR) is 156 cm³/mol. The molecule has 1 fully saturated rings. The summed E-state index contributed by atoms with van der Waals surface area (Å²) in [5.41, 5.74) is 3.34. The van der Waals surface area contributed by atoms with Crippen LogP contribution in [0.4, 0.5) is 17.5 Å². The lowest BCUT2D eigenvalue weighted by atomic mass is 10.1. The molecule has 0 amide bonds. The van der Waals surface area contributed by atoms with Crippen LogP contribution in [0.1, 0.15) is 5.56 Å². The van der Waals surface area contributed by atoms with Crippen molar-refractivity contribution in [1.29, 1.82) is 0 Å². The van der Waals surface area contributed by atoms with E-state index in [0.29, 0.717) is 0 Å². The van der Waals surface area contributed by atoms with Gasteiger partial charge in [-0.25, -0.2) is 4.98 Å². The predicted octanol–water partition coefficient (Wildman–Crippen LogP) is 4.95. The van der Waals surface area contributed by atoms with Crippen LogP contribution < -0.4 is 20.3 Å². The van der Waals surface area contributed by atoms with Crippen molar-refractivity contribution in [3.05, 3.63) is 84.4 Å². The quantitative estimate of drug-likeness (QED) is 0.308. The summed E-state index contributed by atoms with van der Waals surface area (Å²) in [5, 5.41) is 8.14. The monoisotopic (exact) mass is 518 g/mol. The molecule has 0 aliphatic carbocycles. The van der Waals surface area contributed by atoms with Crippen LogP contribution in [0, 0.1) is 0 Å². The van der Waals surface area contributed by atoms with E-state index in [1.807, 2.05) is 30.3 Å². The van der Waals surface area contributed by atoms with Crippen molar-refractivity contribution < 1.29 is 4.74 Å². The molecule has 0 bridgehead atoms. The maximum atomic E-state index is 5.44. The number of ether oxygens (including phenoxy) is 1. The van der Waals surface area contributed by atoms with Gasteiger partial charge in [-0.05, 0) is 36.2 Å². The second kappa shape index (κ2) is 13.1. The molecule has 1 aromatic heterocycles. The number of nitrogens with zero attached hydrogens (tertiary/aromatic N) is 4. The highest BCUT2D eigenvalue weighted by atomic mass is 35.5. The third kappa shape index (κ3) is 6.81. The Morgan fingerprint density at radius 3 is 2.32 bits per heavy atom. The minimum absolute atomic E-state index is 0. The van der Waals surface area contributed by atoms with Gasteiger partial charge < -0.3 is 20.3 Å². The number of methoxy groups -OCH3 is 1. The first-order chi connectivity index (χ1) is 17.8. The summed E-state index contributed by atoms with van der Waals surface area (Å²) in [6, 6.07) is 26.9. The average Bonchev–Trinajstić information content (AvgIpc) is 2.94. The lowest BCUT2D eigenvalue weighted by molar-refractivity contribution is 0.266. The molecule has 1 saturated heterocycles. The summed E-state index contributed by atoms with van der Waals surface area (Å²) in [5.74, 6) is 2.60. The van der Waals surface area contributed by atoms with Gasteiger partial charge in [-0.2, -0.15) is 4.98 Å². The number of fused-ring (bicyclic) bond motifs is 1. The zero-order valence-corrected chi connectivity index (χ0v) is 22.1. The maximum Gasteiger partial charge on any atom is 0.227 e. The molecule has 1 aliphatic heterocycles. The van der Waals surface area contributed by atoms with E-state index in [1.165, 1.54) is 5.56 Å². The molecule has 1 aliphatic rings. The normalized spacial score (nSPS) is 13.7. The molecule has 0 saturated carbocycles. The Labute approximate surface area is 225 Å². The molecule has 0 radical (unpaired) electrons. The lowest BCUT2D eigenvalue weighted by Crippen LogP contribution is -2.48.